The number of aliphatic carboxylic acids is 1. The van der Waals surface area contributed by atoms with E-state index in [-0.39, 0.29) is 11.3 Å². The molecule has 4 aliphatic carbocycles. The number of hydrogen-bond acceptors (Lipinski definition) is 2. The van der Waals surface area contributed by atoms with Gasteiger partial charge in [-0.25, -0.2) is 0 Å². The minimum atomic E-state index is -0.655. The molecule has 0 aromatic heterocycles. The molecule has 4 rings (SSSR count). The molecular formula is C27H42O3. The highest BCUT2D eigenvalue weighted by molar-refractivity contribution is 5.91. The Bertz CT molecular complexity index is 724. The molecule has 3 heteroatoms. The molecule has 0 aromatic rings. The molecule has 1 unspecified atom stereocenters. The van der Waals surface area contributed by atoms with Crippen molar-refractivity contribution in [2.24, 2.45) is 46.3 Å². The molecule has 0 aliphatic heterocycles. The first-order valence-electron chi connectivity index (χ1n) is 12.6. The van der Waals surface area contributed by atoms with E-state index in [2.05, 4.69) is 20.8 Å². The van der Waals surface area contributed by atoms with E-state index >= 15 is 0 Å². The zero-order valence-corrected chi connectivity index (χ0v) is 19.6. The summed E-state index contributed by atoms with van der Waals surface area (Å²) >= 11 is 0. The average molecular weight is 415 g/mol. The van der Waals surface area contributed by atoms with E-state index in [4.69, 9.17) is 5.11 Å². The van der Waals surface area contributed by atoms with Gasteiger partial charge in [0.25, 0.3) is 0 Å². The van der Waals surface area contributed by atoms with Crippen molar-refractivity contribution in [3.05, 3.63) is 11.6 Å². The minimum Gasteiger partial charge on any atom is -0.481 e. The van der Waals surface area contributed by atoms with E-state index in [1.54, 1.807) is 0 Å². The van der Waals surface area contributed by atoms with Crippen LogP contribution in [0.1, 0.15) is 98.3 Å². The van der Waals surface area contributed by atoms with Crippen molar-refractivity contribution in [3.63, 3.8) is 0 Å². The molecule has 3 saturated carbocycles. The Morgan fingerprint density at radius 2 is 1.83 bits per heavy atom. The van der Waals surface area contributed by atoms with Crippen molar-refractivity contribution in [3.8, 4) is 0 Å². The van der Waals surface area contributed by atoms with Gasteiger partial charge in [0.05, 0.1) is 5.92 Å². The van der Waals surface area contributed by atoms with E-state index in [0.717, 1.165) is 55.8 Å². The summed E-state index contributed by atoms with van der Waals surface area (Å²) in [6.07, 6.45) is 14.7. The molecule has 1 N–H and O–H groups in total. The number of hydrogen-bond donors (Lipinski definition) is 1. The van der Waals surface area contributed by atoms with E-state index < -0.39 is 5.97 Å². The SMILES string of the molecule is CC(CCC[C@@H](C)[C@H]1CC[C@H]2[C@@H]3CCC4=CC(=O)CC[C@]4(C)[C@H]3CC[C@]12C)C(=O)O. The van der Waals surface area contributed by atoms with Crippen LogP contribution in [0.2, 0.25) is 0 Å². The average Bonchev–Trinajstić information content (AvgIpc) is 3.05. The largest absolute Gasteiger partial charge is 0.481 e. The molecular weight excluding hydrogens is 372 g/mol. The molecule has 30 heavy (non-hydrogen) atoms. The lowest BCUT2D eigenvalue weighted by atomic mass is 9.46. The van der Waals surface area contributed by atoms with Crippen LogP contribution in [0.5, 0.6) is 0 Å². The van der Waals surface area contributed by atoms with Gasteiger partial charge in [-0.3, -0.25) is 9.59 Å². The van der Waals surface area contributed by atoms with Gasteiger partial charge in [0.15, 0.2) is 5.78 Å². The van der Waals surface area contributed by atoms with Crippen LogP contribution in [-0.2, 0) is 9.59 Å². The molecule has 4 aliphatic rings. The van der Waals surface area contributed by atoms with Crippen LogP contribution in [0.25, 0.3) is 0 Å². The van der Waals surface area contributed by atoms with E-state index in [0.29, 0.717) is 17.1 Å². The Kier molecular flexibility index (Phi) is 5.96. The molecule has 0 radical (unpaired) electrons. The molecule has 0 spiro atoms. The molecule has 0 heterocycles. The topological polar surface area (TPSA) is 54.4 Å². The van der Waals surface area contributed by atoms with Crippen LogP contribution in [0, 0.1) is 46.3 Å². The predicted octanol–water partition coefficient (Wildman–Crippen LogP) is 6.66. The lowest BCUT2D eigenvalue weighted by molar-refractivity contribution is -0.141. The zero-order chi connectivity index (χ0) is 21.7. The first kappa shape index (κ1) is 22.1. The van der Waals surface area contributed by atoms with Gasteiger partial charge in [-0.1, -0.05) is 46.1 Å². The quantitative estimate of drug-likeness (QED) is 0.528. The second-order valence-electron chi connectivity index (χ2n) is 11.8. The highest BCUT2D eigenvalue weighted by Gasteiger charge is 2.59. The standard InChI is InChI=1S/C27H42O3/c1-17(6-5-7-18(2)25(29)30)22-10-11-23-21-9-8-19-16-20(28)12-14-26(19,3)24(21)13-15-27(22,23)4/h16-18,21-24H,5-15H2,1-4H3,(H,29,30)/t17-,18?,21+,22-,23+,24+,26+,27-/m1/s1. The first-order valence-corrected chi connectivity index (χ1v) is 12.6. The van der Waals surface area contributed by atoms with Gasteiger partial charge in [0, 0.05) is 6.42 Å². The summed E-state index contributed by atoms with van der Waals surface area (Å²) in [5.41, 5.74) is 2.20. The molecule has 168 valence electrons. The summed E-state index contributed by atoms with van der Waals surface area (Å²) in [6, 6.07) is 0. The van der Waals surface area contributed by atoms with Crippen LogP contribution < -0.4 is 0 Å². The fraction of sp³-hybridized carbons (Fsp3) is 0.852. The smallest absolute Gasteiger partial charge is 0.306 e. The monoisotopic (exact) mass is 414 g/mol. The second-order valence-corrected chi connectivity index (χ2v) is 11.8. The van der Waals surface area contributed by atoms with Crippen molar-refractivity contribution in [1.82, 2.24) is 0 Å². The lowest BCUT2D eigenvalue weighted by Crippen LogP contribution is -2.50. The fourth-order valence-corrected chi connectivity index (χ4v) is 8.61. The fourth-order valence-electron chi connectivity index (χ4n) is 8.61. The van der Waals surface area contributed by atoms with Crippen LogP contribution in [0.3, 0.4) is 0 Å². The van der Waals surface area contributed by atoms with Gasteiger partial charge in [-0.15, -0.1) is 0 Å². The summed E-state index contributed by atoms with van der Waals surface area (Å²) in [5.74, 6) is 3.43. The van der Waals surface area contributed by atoms with Crippen LogP contribution >= 0.6 is 0 Å². The minimum absolute atomic E-state index is 0.216. The molecule has 0 aromatic carbocycles. The van der Waals surface area contributed by atoms with Crippen molar-refractivity contribution in [2.75, 3.05) is 0 Å². The summed E-state index contributed by atoms with van der Waals surface area (Å²) in [7, 11) is 0. The van der Waals surface area contributed by atoms with Gasteiger partial charge in [0.2, 0.25) is 0 Å². The first-order chi connectivity index (χ1) is 14.2. The third-order valence-electron chi connectivity index (χ3n) is 10.4. The van der Waals surface area contributed by atoms with Crippen molar-refractivity contribution in [1.29, 1.82) is 0 Å². The van der Waals surface area contributed by atoms with Crippen molar-refractivity contribution in [2.45, 2.75) is 98.3 Å². The highest BCUT2D eigenvalue weighted by atomic mass is 16.4. The Morgan fingerprint density at radius 1 is 1.07 bits per heavy atom. The Balaban J connectivity index is 1.44. The number of allylic oxidation sites excluding steroid dienone is 1. The number of carbonyl (C=O) groups excluding carboxylic acids is 1. The van der Waals surface area contributed by atoms with Crippen LogP contribution in [0.4, 0.5) is 0 Å². The van der Waals surface area contributed by atoms with Crippen molar-refractivity contribution < 1.29 is 14.7 Å². The lowest BCUT2D eigenvalue weighted by Gasteiger charge is -2.58. The van der Waals surface area contributed by atoms with Gasteiger partial charge in [-0.05, 0) is 97.9 Å². The predicted molar refractivity (Wildman–Crippen MR) is 120 cm³/mol. The number of carboxylic acids is 1. The molecule has 0 amide bonds. The maximum absolute atomic E-state index is 12.0. The molecule has 3 nitrogen and oxygen atoms in total. The van der Waals surface area contributed by atoms with E-state index in [1.165, 1.54) is 44.1 Å². The molecule has 3 fully saturated rings. The highest BCUT2D eigenvalue weighted by Crippen LogP contribution is 2.67. The maximum Gasteiger partial charge on any atom is 0.306 e. The number of carbonyl (C=O) groups is 2. The van der Waals surface area contributed by atoms with Gasteiger partial charge in [-0.2, -0.15) is 0 Å². The third kappa shape index (κ3) is 3.58. The Morgan fingerprint density at radius 3 is 2.57 bits per heavy atom. The second kappa shape index (κ2) is 8.10. The normalized spacial score (nSPS) is 42.5. The summed E-state index contributed by atoms with van der Waals surface area (Å²) in [4.78, 5) is 23.2. The van der Waals surface area contributed by atoms with Gasteiger partial charge in [0.1, 0.15) is 0 Å². The molecule has 0 saturated heterocycles. The molecule has 0 bridgehead atoms. The van der Waals surface area contributed by atoms with Gasteiger partial charge >= 0.3 is 5.97 Å². The summed E-state index contributed by atoms with van der Waals surface area (Å²) in [5, 5.41) is 9.16. The number of fused-ring (bicyclic) bond motifs is 5. The summed E-state index contributed by atoms with van der Waals surface area (Å²) < 4.78 is 0. The van der Waals surface area contributed by atoms with Crippen LogP contribution in [0.15, 0.2) is 11.6 Å². The van der Waals surface area contributed by atoms with Crippen molar-refractivity contribution >= 4 is 11.8 Å². The maximum atomic E-state index is 12.0. The van der Waals surface area contributed by atoms with Gasteiger partial charge < -0.3 is 5.11 Å². The van der Waals surface area contributed by atoms with E-state index in [9.17, 15) is 9.59 Å². The molecule has 8 atom stereocenters. The van der Waals surface area contributed by atoms with E-state index in [1.807, 2.05) is 13.0 Å². The third-order valence-corrected chi connectivity index (χ3v) is 10.4. The summed E-state index contributed by atoms with van der Waals surface area (Å²) in [6.45, 7) is 9.35. The number of carboxylic acid groups (broad SMARTS) is 1. The number of rotatable bonds is 6. The Hall–Kier alpha value is -1.12. The van der Waals surface area contributed by atoms with Crippen LogP contribution in [-0.4, -0.2) is 16.9 Å². The number of ketones is 1. The Labute approximate surface area is 183 Å². The zero-order valence-electron chi connectivity index (χ0n) is 19.6.